The molecule has 0 spiro atoms. The molecule has 0 saturated heterocycles. The second-order valence-electron chi connectivity index (χ2n) is 1.52. The van der Waals surface area contributed by atoms with Crippen LogP contribution in [0.5, 0.6) is 0 Å². The van der Waals surface area contributed by atoms with Gasteiger partial charge in [-0.2, -0.15) is 0 Å². The van der Waals surface area contributed by atoms with E-state index in [-0.39, 0.29) is 0 Å². The van der Waals surface area contributed by atoms with Crippen LogP contribution < -0.4 is 0 Å². The first-order valence-electron chi connectivity index (χ1n) is 2.78. The molecule has 1 aromatic rings. The van der Waals surface area contributed by atoms with E-state index in [2.05, 4.69) is 4.98 Å². The molecule has 0 aliphatic rings. The first-order valence-corrected chi connectivity index (χ1v) is 3.16. The molecule has 0 amide bonds. The van der Waals surface area contributed by atoms with E-state index in [1.54, 1.807) is 18.3 Å². The number of carbonyl (C=O) groups excluding carboxylic acids is 1. The monoisotopic (exact) mass is 175 g/mol. The van der Waals surface area contributed by atoms with E-state index in [9.17, 15) is 9.18 Å². The predicted molar refractivity (Wildman–Crippen MR) is 41.5 cm³/mol. The van der Waals surface area contributed by atoms with E-state index in [1.807, 2.05) is 0 Å². The van der Waals surface area contributed by atoms with Crippen molar-refractivity contribution in [3.63, 3.8) is 0 Å². The number of aromatic nitrogens is 1. The summed E-state index contributed by atoms with van der Waals surface area (Å²) < 4.78 is 9.50. The first-order chi connectivity index (χ1) is 5.30. The highest BCUT2D eigenvalue weighted by atomic mass is 35.5. The zero-order valence-corrected chi connectivity index (χ0v) is 6.68. The van der Waals surface area contributed by atoms with Crippen molar-refractivity contribution in [3.05, 3.63) is 30.1 Å². The van der Waals surface area contributed by atoms with Gasteiger partial charge in [-0.05, 0) is 23.7 Å². The van der Waals surface area contributed by atoms with Gasteiger partial charge >= 0.3 is 0 Å². The fourth-order valence-electron chi connectivity index (χ4n) is 0.479. The Morgan fingerprint density at radius 1 is 1.64 bits per heavy atom. The van der Waals surface area contributed by atoms with Gasteiger partial charge in [0.05, 0.1) is 12.7 Å². The molecule has 1 aromatic heterocycles. The lowest BCUT2D eigenvalue weighted by Gasteiger charge is -1.86. The minimum Gasteiger partial charge on any atom is -0.276 e. The van der Waals surface area contributed by atoms with Crippen LogP contribution >= 0.6 is 11.6 Å². The summed E-state index contributed by atoms with van der Waals surface area (Å²) in [6.45, 7) is 0. The lowest BCUT2D eigenvalue weighted by Crippen LogP contribution is -1.87. The maximum atomic E-state index is 10.4. The maximum Gasteiger partial charge on any atom is 0.253 e. The van der Waals surface area contributed by atoms with Crippen LogP contribution in [0.2, 0.25) is 0 Å². The van der Waals surface area contributed by atoms with E-state index in [4.69, 9.17) is 11.6 Å². The SMILES string of the molecule is CF.O=C(Cl)c1cccnc1. The Bertz CT molecular complexity index is 215. The van der Waals surface area contributed by atoms with Crippen molar-refractivity contribution < 1.29 is 9.18 Å². The van der Waals surface area contributed by atoms with Crippen LogP contribution in [0.1, 0.15) is 10.4 Å². The van der Waals surface area contributed by atoms with Crippen LogP contribution in [-0.4, -0.2) is 17.4 Å². The normalized spacial score (nSPS) is 7.91. The Hall–Kier alpha value is -0.960. The van der Waals surface area contributed by atoms with Crippen molar-refractivity contribution in [3.8, 4) is 0 Å². The molecule has 11 heavy (non-hydrogen) atoms. The lowest BCUT2D eigenvalue weighted by molar-refractivity contribution is 0.108. The van der Waals surface area contributed by atoms with Crippen molar-refractivity contribution in [2.45, 2.75) is 0 Å². The summed E-state index contributed by atoms with van der Waals surface area (Å²) in [4.78, 5) is 14.1. The summed E-state index contributed by atoms with van der Waals surface area (Å²) in [6.07, 6.45) is 3.01. The maximum absolute atomic E-state index is 10.4. The van der Waals surface area contributed by atoms with Crippen molar-refractivity contribution in [2.75, 3.05) is 7.18 Å². The van der Waals surface area contributed by atoms with Gasteiger partial charge in [-0.3, -0.25) is 14.2 Å². The van der Waals surface area contributed by atoms with Gasteiger partial charge in [-0.25, -0.2) is 0 Å². The summed E-state index contributed by atoms with van der Waals surface area (Å²) in [7, 11) is 0.500. The van der Waals surface area contributed by atoms with E-state index in [0.29, 0.717) is 12.7 Å². The van der Waals surface area contributed by atoms with Crippen LogP contribution in [0, 0.1) is 0 Å². The number of alkyl halides is 1. The third kappa shape index (κ3) is 3.68. The van der Waals surface area contributed by atoms with Crippen LogP contribution in [0.25, 0.3) is 0 Å². The fourth-order valence-corrected chi connectivity index (χ4v) is 0.591. The topological polar surface area (TPSA) is 30.0 Å². The summed E-state index contributed by atoms with van der Waals surface area (Å²) in [5.74, 6) is 0. The van der Waals surface area contributed by atoms with E-state index < -0.39 is 5.24 Å². The van der Waals surface area contributed by atoms with Crippen LogP contribution in [-0.2, 0) is 0 Å². The minimum absolute atomic E-state index is 0.430. The van der Waals surface area contributed by atoms with Crippen LogP contribution in [0.4, 0.5) is 4.39 Å². The average molecular weight is 176 g/mol. The van der Waals surface area contributed by atoms with Gasteiger partial charge < -0.3 is 0 Å². The summed E-state index contributed by atoms with van der Waals surface area (Å²) in [5.41, 5.74) is 0.430. The molecule has 0 aromatic carbocycles. The molecule has 0 radical (unpaired) electrons. The molecule has 0 fully saturated rings. The van der Waals surface area contributed by atoms with Gasteiger partial charge in [0.25, 0.3) is 5.24 Å². The average Bonchev–Trinajstić information content (AvgIpc) is 2.10. The van der Waals surface area contributed by atoms with Gasteiger partial charge in [0.2, 0.25) is 0 Å². The molecule has 1 rings (SSSR count). The van der Waals surface area contributed by atoms with E-state index in [1.165, 1.54) is 6.20 Å². The Morgan fingerprint density at radius 2 is 2.27 bits per heavy atom. The highest BCUT2D eigenvalue weighted by Crippen LogP contribution is 1.98. The molecule has 60 valence electrons. The van der Waals surface area contributed by atoms with Gasteiger partial charge in [0, 0.05) is 12.4 Å². The first kappa shape index (κ1) is 10.0. The number of pyridine rings is 1. The van der Waals surface area contributed by atoms with Crippen molar-refractivity contribution in [1.29, 1.82) is 0 Å². The zero-order chi connectivity index (χ0) is 8.69. The van der Waals surface area contributed by atoms with Crippen molar-refractivity contribution in [2.24, 2.45) is 0 Å². The molecule has 0 bridgehead atoms. The van der Waals surface area contributed by atoms with Crippen molar-refractivity contribution >= 4 is 16.8 Å². The molecule has 2 nitrogen and oxygen atoms in total. The van der Waals surface area contributed by atoms with Crippen LogP contribution in [0.15, 0.2) is 24.5 Å². The summed E-state index contributed by atoms with van der Waals surface area (Å²) in [5, 5.41) is -0.469. The molecule has 4 heteroatoms. The largest absolute Gasteiger partial charge is 0.276 e. The molecule has 0 aliphatic heterocycles. The number of hydrogen-bond donors (Lipinski definition) is 0. The highest BCUT2D eigenvalue weighted by Gasteiger charge is 1.96. The van der Waals surface area contributed by atoms with Gasteiger partial charge in [0.15, 0.2) is 0 Å². The summed E-state index contributed by atoms with van der Waals surface area (Å²) >= 11 is 5.12. The third-order valence-electron chi connectivity index (χ3n) is 0.888. The molecular weight excluding hydrogens is 169 g/mol. The number of halogens is 2. The number of nitrogens with zero attached hydrogens (tertiary/aromatic N) is 1. The smallest absolute Gasteiger partial charge is 0.253 e. The van der Waals surface area contributed by atoms with Crippen LogP contribution in [0.3, 0.4) is 0 Å². The predicted octanol–water partition coefficient (Wildman–Crippen LogP) is 2.05. The van der Waals surface area contributed by atoms with Crippen molar-refractivity contribution in [1.82, 2.24) is 4.98 Å². The van der Waals surface area contributed by atoms with E-state index >= 15 is 0 Å². The Labute approximate surface area is 69.0 Å². The molecule has 0 atom stereocenters. The third-order valence-corrected chi connectivity index (χ3v) is 1.11. The van der Waals surface area contributed by atoms with Gasteiger partial charge in [-0.1, -0.05) is 0 Å². The second kappa shape index (κ2) is 5.80. The molecular formula is C7H7ClFNO. The molecule has 1 heterocycles. The highest BCUT2D eigenvalue weighted by molar-refractivity contribution is 6.67. The number of rotatable bonds is 1. The number of hydrogen-bond acceptors (Lipinski definition) is 2. The minimum atomic E-state index is -0.469. The lowest BCUT2D eigenvalue weighted by atomic mass is 10.3. The Kier molecular flexibility index (Phi) is 5.29. The zero-order valence-electron chi connectivity index (χ0n) is 5.92. The van der Waals surface area contributed by atoms with Gasteiger partial charge in [-0.15, -0.1) is 0 Å². The number of carbonyl (C=O) groups is 1. The molecule has 0 saturated carbocycles. The Balaban J connectivity index is 0.000000461. The van der Waals surface area contributed by atoms with E-state index in [0.717, 1.165) is 0 Å². The molecule has 0 N–H and O–H groups in total. The Morgan fingerprint density at radius 3 is 2.55 bits per heavy atom. The quantitative estimate of drug-likeness (QED) is 0.612. The molecule has 0 aliphatic carbocycles. The summed E-state index contributed by atoms with van der Waals surface area (Å²) in [6, 6.07) is 3.28. The standard InChI is InChI=1S/C6H4ClNO.CH3F/c7-6(9)5-2-1-3-8-4-5;1-2/h1-4H;1H3. The molecule has 0 unspecified atom stereocenters. The second-order valence-corrected chi connectivity index (χ2v) is 1.86. The fraction of sp³-hybridized carbons (Fsp3) is 0.143. The van der Waals surface area contributed by atoms with Gasteiger partial charge in [0.1, 0.15) is 0 Å².